The number of aromatic nitrogens is 1. The van der Waals surface area contributed by atoms with Gasteiger partial charge in [0.25, 0.3) is 0 Å². The summed E-state index contributed by atoms with van der Waals surface area (Å²) >= 11 is 3.12. The van der Waals surface area contributed by atoms with E-state index in [2.05, 4.69) is 4.98 Å². The van der Waals surface area contributed by atoms with E-state index in [9.17, 15) is 4.79 Å². The number of hydrogen-bond acceptors (Lipinski definition) is 6. The van der Waals surface area contributed by atoms with Gasteiger partial charge in [-0.1, -0.05) is 30.0 Å². The van der Waals surface area contributed by atoms with Crippen molar-refractivity contribution in [2.75, 3.05) is 33.6 Å². The van der Waals surface area contributed by atoms with Gasteiger partial charge in [0, 0.05) is 13.6 Å². The van der Waals surface area contributed by atoms with Crippen molar-refractivity contribution in [1.82, 2.24) is 9.88 Å². The first-order valence-electron chi connectivity index (χ1n) is 8.54. The quantitative estimate of drug-likeness (QED) is 0.531. The van der Waals surface area contributed by atoms with Crippen molar-refractivity contribution in [3.8, 4) is 11.5 Å². The summed E-state index contributed by atoms with van der Waals surface area (Å²) in [5.74, 6) is 1.90. The standard InChI is InChI=1S/C20H22N2O3S2/c1-22(11-10-14-8-9-16(24-2)17(12-14)25-3)19(23)13-26-20-21-15-6-4-5-7-18(15)27-20/h4-9,12H,10-11,13H2,1-3H3. The van der Waals surface area contributed by atoms with E-state index in [1.807, 2.05) is 49.5 Å². The molecule has 1 aromatic heterocycles. The number of thioether (sulfide) groups is 1. The number of thiazole rings is 1. The molecule has 0 N–H and O–H groups in total. The highest BCUT2D eigenvalue weighted by atomic mass is 32.2. The second kappa shape index (κ2) is 9.10. The van der Waals surface area contributed by atoms with E-state index in [1.165, 1.54) is 11.8 Å². The van der Waals surface area contributed by atoms with Crippen LogP contribution in [0.3, 0.4) is 0 Å². The predicted octanol–water partition coefficient (Wildman–Crippen LogP) is 4.11. The molecule has 0 fully saturated rings. The summed E-state index contributed by atoms with van der Waals surface area (Å²) in [6.07, 6.45) is 0.758. The average Bonchev–Trinajstić information content (AvgIpc) is 3.12. The van der Waals surface area contributed by atoms with Gasteiger partial charge in [-0.05, 0) is 36.2 Å². The zero-order chi connectivity index (χ0) is 19.2. The van der Waals surface area contributed by atoms with Gasteiger partial charge < -0.3 is 14.4 Å². The molecule has 3 rings (SSSR count). The number of hydrogen-bond donors (Lipinski definition) is 0. The third-order valence-electron chi connectivity index (χ3n) is 4.20. The van der Waals surface area contributed by atoms with Crippen LogP contribution in [-0.4, -0.2) is 49.4 Å². The Morgan fingerprint density at radius 2 is 1.93 bits per heavy atom. The average molecular weight is 403 g/mol. The molecular weight excluding hydrogens is 380 g/mol. The molecule has 0 aliphatic rings. The Morgan fingerprint density at radius 1 is 1.15 bits per heavy atom. The van der Waals surface area contributed by atoms with E-state index in [4.69, 9.17) is 9.47 Å². The Labute approximate surface area is 167 Å². The minimum absolute atomic E-state index is 0.0970. The maximum Gasteiger partial charge on any atom is 0.232 e. The molecule has 7 heteroatoms. The lowest BCUT2D eigenvalue weighted by Crippen LogP contribution is -2.30. The molecule has 2 aromatic carbocycles. The molecule has 1 amide bonds. The Hall–Kier alpha value is -2.25. The van der Waals surface area contributed by atoms with Crippen molar-refractivity contribution in [2.24, 2.45) is 0 Å². The number of rotatable bonds is 8. The van der Waals surface area contributed by atoms with E-state index in [-0.39, 0.29) is 5.91 Å². The number of nitrogens with zero attached hydrogens (tertiary/aromatic N) is 2. The second-order valence-corrected chi connectivity index (χ2v) is 8.24. The number of carbonyl (C=O) groups is 1. The van der Waals surface area contributed by atoms with Gasteiger partial charge in [-0.25, -0.2) is 4.98 Å². The third-order valence-corrected chi connectivity index (χ3v) is 6.37. The van der Waals surface area contributed by atoms with E-state index in [0.717, 1.165) is 26.5 Å². The van der Waals surface area contributed by atoms with Gasteiger partial charge >= 0.3 is 0 Å². The van der Waals surface area contributed by atoms with Gasteiger partial charge in [-0.15, -0.1) is 11.3 Å². The Morgan fingerprint density at radius 3 is 2.67 bits per heavy atom. The number of para-hydroxylation sites is 1. The van der Waals surface area contributed by atoms with Gasteiger partial charge in [0.2, 0.25) is 5.91 Å². The molecular formula is C20H22N2O3S2. The maximum absolute atomic E-state index is 12.4. The zero-order valence-corrected chi connectivity index (χ0v) is 17.2. The normalized spacial score (nSPS) is 10.8. The smallest absolute Gasteiger partial charge is 0.232 e. The van der Waals surface area contributed by atoms with Crippen LogP contribution in [0.2, 0.25) is 0 Å². The van der Waals surface area contributed by atoms with Crippen LogP contribution in [0.1, 0.15) is 5.56 Å². The topological polar surface area (TPSA) is 51.7 Å². The molecule has 0 saturated carbocycles. The third kappa shape index (κ3) is 4.93. The van der Waals surface area contributed by atoms with Crippen LogP contribution < -0.4 is 9.47 Å². The molecule has 0 spiro atoms. The van der Waals surface area contributed by atoms with Crippen LogP contribution in [0.25, 0.3) is 10.2 Å². The van der Waals surface area contributed by atoms with Crippen molar-refractivity contribution < 1.29 is 14.3 Å². The number of likely N-dealkylation sites (N-methyl/N-ethyl adjacent to an activating group) is 1. The molecule has 0 atom stereocenters. The summed E-state index contributed by atoms with van der Waals surface area (Å²) in [5, 5.41) is 0. The van der Waals surface area contributed by atoms with Crippen molar-refractivity contribution in [1.29, 1.82) is 0 Å². The maximum atomic E-state index is 12.4. The Balaban J connectivity index is 1.51. The first-order chi connectivity index (χ1) is 13.1. The fourth-order valence-electron chi connectivity index (χ4n) is 2.60. The van der Waals surface area contributed by atoms with Crippen LogP contribution in [-0.2, 0) is 11.2 Å². The molecule has 0 unspecified atom stereocenters. The number of fused-ring (bicyclic) bond motifs is 1. The van der Waals surface area contributed by atoms with E-state index >= 15 is 0 Å². The molecule has 3 aromatic rings. The molecule has 0 bridgehead atoms. The van der Waals surface area contributed by atoms with Crippen LogP contribution in [0.5, 0.6) is 11.5 Å². The summed E-state index contributed by atoms with van der Waals surface area (Å²) in [6, 6.07) is 13.9. The van der Waals surface area contributed by atoms with Crippen LogP contribution >= 0.6 is 23.1 Å². The minimum Gasteiger partial charge on any atom is -0.493 e. The monoisotopic (exact) mass is 402 g/mol. The molecule has 0 aliphatic heterocycles. The molecule has 0 aliphatic carbocycles. The lowest BCUT2D eigenvalue weighted by Gasteiger charge is -2.17. The molecule has 0 radical (unpaired) electrons. The molecule has 5 nitrogen and oxygen atoms in total. The van der Waals surface area contributed by atoms with E-state index in [1.54, 1.807) is 30.5 Å². The van der Waals surface area contributed by atoms with Crippen LogP contribution in [0.15, 0.2) is 46.8 Å². The highest BCUT2D eigenvalue weighted by Crippen LogP contribution is 2.30. The summed E-state index contributed by atoms with van der Waals surface area (Å²) in [6.45, 7) is 0.648. The summed E-state index contributed by atoms with van der Waals surface area (Å²) in [5.41, 5.74) is 2.09. The summed E-state index contributed by atoms with van der Waals surface area (Å²) in [7, 11) is 5.08. The number of carbonyl (C=O) groups excluding carboxylic acids is 1. The van der Waals surface area contributed by atoms with Crippen LogP contribution in [0, 0.1) is 0 Å². The van der Waals surface area contributed by atoms with Crippen molar-refractivity contribution >= 4 is 39.2 Å². The SMILES string of the molecule is COc1ccc(CCN(C)C(=O)CSc2nc3ccccc3s2)cc1OC. The predicted molar refractivity (Wildman–Crippen MR) is 111 cm³/mol. The van der Waals surface area contributed by atoms with Crippen LogP contribution in [0.4, 0.5) is 0 Å². The lowest BCUT2D eigenvalue weighted by molar-refractivity contribution is -0.127. The molecule has 27 heavy (non-hydrogen) atoms. The summed E-state index contributed by atoms with van der Waals surface area (Å²) < 4.78 is 12.7. The van der Waals surface area contributed by atoms with Gasteiger partial charge in [-0.2, -0.15) is 0 Å². The van der Waals surface area contributed by atoms with E-state index < -0.39 is 0 Å². The van der Waals surface area contributed by atoms with Crippen molar-refractivity contribution in [3.05, 3.63) is 48.0 Å². The van der Waals surface area contributed by atoms with Gasteiger partial charge in [0.15, 0.2) is 15.8 Å². The largest absolute Gasteiger partial charge is 0.493 e. The van der Waals surface area contributed by atoms with Crippen molar-refractivity contribution in [3.63, 3.8) is 0 Å². The molecule has 142 valence electrons. The fraction of sp³-hybridized carbons (Fsp3) is 0.300. The highest BCUT2D eigenvalue weighted by molar-refractivity contribution is 8.01. The van der Waals surface area contributed by atoms with Gasteiger partial charge in [0.05, 0.1) is 30.2 Å². The molecule has 0 saturated heterocycles. The summed E-state index contributed by atoms with van der Waals surface area (Å²) in [4.78, 5) is 18.7. The Bertz CT molecular complexity index is 893. The van der Waals surface area contributed by atoms with Gasteiger partial charge in [-0.3, -0.25) is 4.79 Å². The fourth-order valence-corrected chi connectivity index (χ4v) is 4.61. The number of ether oxygens (including phenoxy) is 2. The number of amides is 1. The van der Waals surface area contributed by atoms with Gasteiger partial charge in [0.1, 0.15) is 0 Å². The second-order valence-electron chi connectivity index (χ2n) is 5.99. The van der Waals surface area contributed by atoms with E-state index in [0.29, 0.717) is 23.8 Å². The zero-order valence-electron chi connectivity index (χ0n) is 15.6. The molecule has 1 heterocycles. The number of benzene rings is 2. The highest BCUT2D eigenvalue weighted by Gasteiger charge is 2.12. The first kappa shape index (κ1) is 19.5. The minimum atomic E-state index is 0.0970. The Kier molecular flexibility index (Phi) is 6.58. The number of methoxy groups -OCH3 is 2. The van der Waals surface area contributed by atoms with Crippen molar-refractivity contribution in [2.45, 2.75) is 10.8 Å². The lowest BCUT2D eigenvalue weighted by atomic mass is 10.1. The first-order valence-corrected chi connectivity index (χ1v) is 10.3.